The number of aryl methyl sites for hydroxylation is 2. The van der Waals surface area contributed by atoms with Crippen LogP contribution in [0.4, 0.5) is 10.7 Å². The number of ether oxygens (including phenoxy) is 2. The number of amides is 2. The third-order valence-corrected chi connectivity index (χ3v) is 5.10. The van der Waals surface area contributed by atoms with Crippen LogP contribution in [0.15, 0.2) is 35.2 Å². The maximum atomic E-state index is 12.6. The van der Waals surface area contributed by atoms with Crippen LogP contribution in [0.25, 0.3) is 0 Å². The SMILES string of the molecule is Cc1cc(C)nc(NC(=O)NS(=O)(=O)c2ccccc2C(=O)OC2COC2)n1.[Pd]. The molecule has 1 aromatic heterocycles. The monoisotopic (exact) mass is 512 g/mol. The smallest absolute Gasteiger partial charge is 0.339 e. The minimum absolute atomic E-state index is 0. The number of anilines is 1. The number of benzene rings is 1. The van der Waals surface area contributed by atoms with E-state index in [0.717, 1.165) is 0 Å². The van der Waals surface area contributed by atoms with E-state index < -0.39 is 28.1 Å². The Morgan fingerprint density at radius 2 is 1.76 bits per heavy atom. The van der Waals surface area contributed by atoms with Gasteiger partial charge in [-0.3, -0.25) is 5.32 Å². The summed E-state index contributed by atoms with van der Waals surface area (Å²) in [5.41, 5.74) is 1.04. The second-order valence-electron chi connectivity index (χ2n) is 6.09. The Morgan fingerprint density at radius 1 is 1.14 bits per heavy atom. The molecule has 2 heterocycles. The minimum Gasteiger partial charge on any atom is -0.454 e. The fourth-order valence-electron chi connectivity index (χ4n) is 2.45. The average Bonchev–Trinajstić information content (AvgIpc) is 2.56. The van der Waals surface area contributed by atoms with Crippen molar-refractivity contribution in [3.63, 3.8) is 0 Å². The van der Waals surface area contributed by atoms with E-state index in [0.29, 0.717) is 11.4 Å². The standard InChI is InChI=1S/C17H18N4O6S.Pd/c1-10-7-11(2)19-16(18-10)20-17(23)21-28(24,25)14-6-4-3-5-13(14)15(22)27-12-8-26-9-12;/h3-7,12H,8-9H2,1-2H3,(H2,18,19,20,21,23);. The topological polar surface area (TPSA) is 137 Å². The summed E-state index contributed by atoms with van der Waals surface area (Å²) in [5.74, 6) is -0.852. The van der Waals surface area contributed by atoms with Crippen molar-refractivity contribution in [2.75, 3.05) is 18.5 Å². The fourth-order valence-corrected chi connectivity index (χ4v) is 3.56. The molecule has 0 aliphatic carbocycles. The first-order valence-corrected chi connectivity index (χ1v) is 9.77. The third kappa shape index (κ3) is 5.80. The van der Waals surface area contributed by atoms with Crippen molar-refractivity contribution in [1.82, 2.24) is 14.7 Å². The number of urea groups is 1. The number of esters is 1. The molecule has 0 radical (unpaired) electrons. The Morgan fingerprint density at radius 3 is 2.34 bits per heavy atom. The predicted molar refractivity (Wildman–Crippen MR) is 97.3 cm³/mol. The molecule has 0 spiro atoms. The van der Waals surface area contributed by atoms with E-state index in [1.54, 1.807) is 19.9 Å². The van der Waals surface area contributed by atoms with Gasteiger partial charge in [0, 0.05) is 31.8 Å². The van der Waals surface area contributed by atoms with E-state index in [4.69, 9.17) is 9.47 Å². The molecule has 3 rings (SSSR count). The molecule has 2 aromatic rings. The molecule has 10 nitrogen and oxygen atoms in total. The molecule has 158 valence electrons. The molecule has 1 fully saturated rings. The molecular formula is C17H18N4O6PdS. The number of nitrogens with zero attached hydrogens (tertiary/aromatic N) is 2. The molecule has 1 aliphatic rings. The Bertz CT molecular complexity index is 1010. The van der Waals surface area contributed by atoms with Crippen LogP contribution in [0.2, 0.25) is 0 Å². The molecule has 1 aromatic carbocycles. The Kier molecular flexibility index (Phi) is 7.43. The van der Waals surface area contributed by atoms with Gasteiger partial charge in [-0.05, 0) is 32.0 Å². The van der Waals surface area contributed by atoms with Crippen molar-refractivity contribution in [2.45, 2.75) is 24.8 Å². The molecule has 2 N–H and O–H groups in total. The first-order chi connectivity index (χ1) is 13.2. The number of carbonyl (C=O) groups excluding carboxylic acids is 2. The summed E-state index contributed by atoms with van der Waals surface area (Å²) >= 11 is 0. The molecule has 29 heavy (non-hydrogen) atoms. The quantitative estimate of drug-likeness (QED) is 0.450. The largest absolute Gasteiger partial charge is 0.454 e. The summed E-state index contributed by atoms with van der Waals surface area (Å²) in [6.45, 7) is 3.95. The van der Waals surface area contributed by atoms with Crippen LogP contribution < -0.4 is 10.0 Å². The second kappa shape index (κ2) is 9.41. The number of carbonyl (C=O) groups is 2. The van der Waals surface area contributed by atoms with E-state index in [-0.39, 0.29) is 50.0 Å². The first-order valence-electron chi connectivity index (χ1n) is 8.28. The Hall–Kier alpha value is -2.39. The maximum absolute atomic E-state index is 12.6. The maximum Gasteiger partial charge on any atom is 0.339 e. The zero-order chi connectivity index (χ0) is 20.3. The van der Waals surface area contributed by atoms with Crippen molar-refractivity contribution in [3.8, 4) is 0 Å². The van der Waals surface area contributed by atoms with Crippen molar-refractivity contribution >= 4 is 28.0 Å². The van der Waals surface area contributed by atoms with Crippen molar-refractivity contribution < 1.29 is 47.9 Å². The summed E-state index contributed by atoms with van der Waals surface area (Å²) in [6.07, 6.45) is -0.416. The number of hydrogen-bond donors (Lipinski definition) is 2. The van der Waals surface area contributed by atoms with Gasteiger partial charge in [-0.2, -0.15) is 0 Å². The fraction of sp³-hybridized carbons (Fsp3) is 0.294. The van der Waals surface area contributed by atoms with Gasteiger partial charge in [0.1, 0.15) is 11.0 Å². The van der Waals surface area contributed by atoms with Crippen LogP contribution in [0.1, 0.15) is 21.7 Å². The van der Waals surface area contributed by atoms with Gasteiger partial charge in [0.2, 0.25) is 5.95 Å². The molecule has 0 bridgehead atoms. The molecule has 0 saturated carbocycles. The van der Waals surface area contributed by atoms with E-state index in [9.17, 15) is 18.0 Å². The normalized spacial score (nSPS) is 13.6. The van der Waals surface area contributed by atoms with Crippen molar-refractivity contribution in [3.05, 3.63) is 47.3 Å². The van der Waals surface area contributed by atoms with E-state index >= 15 is 0 Å². The minimum atomic E-state index is -4.35. The van der Waals surface area contributed by atoms with E-state index in [1.807, 2.05) is 4.72 Å². The van der Waals surface area contributed by atoms with Gasteiger partial charge in [-0.1, -0.05) is 12.1 Å². The zero-order valence-electron chi connectivity index (χ0n) is 15.4. The van der Waals surface area contributed by atoms with Crippen LogP contribution in [0.5, 0.6) is 0 Å². The zero-order valence-corrected chi connectivity index (χ0v) is 17.8. The predicted octanol–water partition coefficient (Wildman–Crippen LogP) is 1.16. The van der Waals surface area contributed by atoms with Crippen LogP contribution in [0.3, 0.4) is 0 Å². The molecule has 0 unspecified atom stereocenters. The van der Waals surface area contributed by atoms with Gasteiger partial charge >= 0.3 is 12.0 Å². The summed E-state index contributed by atoms with van der Waals surface area (Å²) < 4.78 is 37.2. The number of aromatic nitrogens is 2. The van der Waals surface area contributed by atoms with Crippen molar-refractivity contribution in [2.24, 2.45) is 0 Å². The number of nitrogens with one attached hydrogen (secondary N) is 2. The number of rotatable bonds is 5. The van der Waals surface area contributed by atoms with Gasteiger partial charge < -0.3 is 9.47 Å². The van der Waals surface area contributed by atoms with Crippen molar-refractivity contribution in [1.29, 1.82) is 0 Å². The van der Waals surface area contributed by atoms with Crippen LogP contribution in [0, 0.1) is 13.8 Å². The Labute approximate surface area is 181 Å². The van der Waals surface area contributed by atoms with Gasteiger partial charge in [-0.15, -0.1) is 0 Å². The second-order valence-corrected chi connectivity index (χ2v) is 7.75. The van der Waals surface area contributed by atoms with E-state index in [2.05, 4.69) is 15.3 Å². The van der Waals surface area contributed by atoms with E-state index in [1.165, 1.54) is 24.3 Å². The molecule has 0 atom stereocenters. The van der Waals surface area contributed by atoms with Crippen LogP contribution in [-0.2, 0) is 39.9 Å². The van der Waals surface area contributed by atoms with Gasteiger partial charge in [0.05, 0.1) is 18.8 Å². The summed E-state index contributed by atoms with van der Waals surface area (Å²) in [4.78, 5) is 32.0. The molecule has 2 amide bonds. The van der Waals surface area contributed by atoms with Gasteiger partial charge in [0.15, 0.2) is 0 Å². The Balaban J connectivity index is 0.00000300. The summed E-state index contributed by atoms with van der Waals surface area (Å²) in [7, 11) is -4.35. The molecular weight excluding hydrogens is 495 g/mol. The average molecular weight is 513 g/mol. The molecule has 1 aliphatic heterocycles. The van der Waals surface area contributed by atoms with Crippen LogP contribution >= 0.6 is 0 Å². The summed E-state index contributed by atoms with van der Waals surface area (Å²) in [5, 5.41) is 2.26. The number of sulfonamides is 1. The summed E-state index contributed by atoms with van der Waals surface area (Å²) in [6, 6.07) is 6.09. The molecule has 12 heteroatoms. The number of hydrogen-bond acceptors (Lipinski definition) is 8. The van der Waals surface area contributed by atoms with Gasteiger partial charge in [-0.25, -0.2) is 32.7 Å². The van der Waals surface area contributed by atoms with Crippen LogP contribution in [-0.4, -0.2) is 49.7 Å². The third-order valence-electron chi connectivity index (χ3n) is 3.71. The first kappa shape index (κ1) is 22.9. The van der Waals surface area contributed by atoms with Gasteiger partial charge in [0.25, 0.3) is 10.0 Å². The molecule has 1 saturated heterocycles.